The minimum atomic E-state index is 0.683. The molecule has 0 amide bonds. The number of hydrogen-bond acceptors (Lipinski definition) is 4. The first-order valence-corrected chi connectivity index (χ1v) is 7.88. The molecule has 0 bridgehead atoms. The fourth-order valence-corrected chi connectivity index (χ4v) is 1.84. The van der Waals surface area contributed by atoms with Crippen LogP contribution in [-0.4, -0.2) is 40.0 Å². The Hall–Kier alpha value is -1.26. The zero-order chi connectivity index (χ0) is 15.3. The largest absolute Gasteiger partial charge is 0.494 e. The van der Waals surface area contributed by atoms with E-state index in [1.165, 1.54) is 0 Å². The van der Waals surface area contributed by atoms with Crippen LogP contribution < -0.4 is 15.4 Å². The van der Waals surface area contributed by atoms with Crippen molar-refractivity contribution in [1.29, 1.82) is 0 Å². The van der Waals surface area contributed by atoms with E-state index in [-0.39, 0.29) is 0 Å². The standard InChI is InChI=1S/C17H30N2O2/c1-15(2)9-14-21-17-7-5-16(6-8-17)19-12-11-18-10-4-13-20-3/h5-8,15,18-19H,4,9-14H2,1-3H3. The van der Waals surface area contributed by atoms with Gasteiger partial charge < -0.3 is 20.1 Å². The van der Waals surface area contributed by atoms with Gasteiger partial charge in [0.1, 0.15) is 5.75 Å². The Morgan fingerprint density at radius 1 is 1.00 bits per heavy atom. The zero-order valence-corrected chi connectivity index (χ0v) is 13.7. The summed E-state index contributed by atoms with van der Waals surface area (Å²) in [5.41, 5.74) is 1.13. The summed E-state index contributed by atoms with van der Waals surface area (Å²) in [5.74, 6) is 1.63. The van der Waals surface area contributed by atoms with Gasteiger partial charge in [-0.3, -0.25) is 0 Å². The highest BCUT2D eigenvalue weighted by Gasteiger charge is 1.97. The third-order valence-electron chi connectivity index (χ3n) is 3.15. The molecule has 0 aliphatic rings. The maximum atomic E-state index is 5.70. The molecular formula is C17H30N2O2. The summed E-state index contributed by atoms with van der Waals surface area (Å²) in [7, 11) is 1.73. The van der Waals surface area contributed by atoms with Crippen molar-refractivity contribution >= 4 is 5.69 Å². The monoisotopic (exact) mass is 294 g/mol. The van der Waals surface area contributed by atoms with Crippen LogP contribution in [0.3, 0.4) is 0 Å². The number of anilines is 1. The van der Waals surface area contributed by atoms with Crippen molar-refractivity contribution in [3.63, 3.8) is 0 Å². The molecule has 0 aliphatic heterocycles. The highest BCUT2D eigenvalue weighted by Crippen LogP contribution is 2.16. The van der Waals surface area contributed by atoms with E-state index in [9.17, 15) is 0 Å². The average molecular weight is 294 g/mol. The minimum Gasteiger partial charge on any atom is -0.494 e. The molecule has 2 N–H and O–H groups in total. The molecule has 1 aromatic rings. The van der Waals surface area contributed by atoms with Crippen LogP contribution in [0.4, 0.5) is 5.69 Å². The quantitative estimate of drug-likeness (QED) is 0.581. The Labute approximate surface area is 129 Å². The maximum absolute atomic E-state index is 5.70. The summed E-state index contributed by atoms with van der Waals surface area (Å²) in [6.07, 6.45) is 2.15. The van der Waals surface area contributed by atoms with Gasteiger partial charge in [-0.25, -0.2) is 0 Å². The van der Waals surface area contributed by atoms with Gasteiger partial charge in [0.15, 0.2) is 0 Å². The lowest BCUT2D eigenvalue weighted by Crippen LogP contribution is -2.23. The fraction of sp³-hybridized carbons (Fsp3) is 0.647. The minimum absolute atomic E-state index is 0.683. The molecule has 0 unspecified atom stereocenters. The smallest absolute Gasteiger partial charge is 0.119 e. The van der Waals surface area contributed by atoms with Crippen LogP contribution in [0, 0.1) is 5.92 Å². The van der Waals surface area contributed by atoms with E-state index in [0.717, 1.165) is 57.1 Å². The van der Waals surface area contributed by atoms with E-state index in [0.29, 0.717) is 5.92 Å². The van der Waals surface area contributed by atoms with E-state index in [1.807, 2.05) is 12.1 Å². The van der Waals surface area contributed by atoms with Crippen LogP contribution in [0.25, 0.3) is 0 Å². The first-order chi connectivity index (χ1) is 10.2. The molecule has 0 heterocycles. The molecule has 0 aliphatic carbocycles. The lowest BCUT2D eigenvalue weighted by atomic mass is 10.1. The third-order valence-corrected chi connectivity index (χ3v) is 3.15. The Morgan fingerprint density at radius 2 is 1.76 bits per heavy atom. The summed E-state index contributed by atoms with van der Waals surface area (Å²) < 4.78 is 10.7. The van der Waals surface area contributed by atoms with Crippen molar-refractivity contribution in [2.45, 2.75) is 26.7 Å². The van der Waals surface area contributed by atoms with E-state index >= 15 is 0 Å². The number of benzene rings is 1. The topological polar surface area (TPSA) is 42.5 Å². The van der Waals surface area contributed by atoms with Gasteiger partial charge in [0.25, 0.3) is 0 Å². The van der Waals surface area contributed by atoms with Gasteiger partial charge >= 0.3 is 0 Å². The third kappa shape index (κ3) is 9.32. The van der Waals surface area contributed by atoms with E-state index < -0.39 is 0 Å². The second-order valence-electron chi connectivity index (χ2n) is 5.58. The molecule has 1 rings (SSSR count). The zero-order valence-electron chi connectivity index (χ0n) is 13.7. The number of ether oxygens (including phenoxy) is 2. The van der Waals surface area contributed by atoms with Gasteiger partial charge in [0, 0.05) is 32.5 Å². The second kappa shape index (κ2) is 11.4. The summed E-state index contributed by atoms with van der Waals surface area (Å²) in [4.78, 5) is 0. The van der Waals surface area contributed by atoms with Crippen molar-refractivity contribution in [2.75, 3.05) is 45.3 Å². The molecule has 120 valence electrons. The molecule has 0 radical (unpaired) electrons. The van der Waals surface area contributed by atoms with E-state index in [1.54, 1.807) is 7.11 Å². The highest BCUT2D eigenvalue weighted by molar-refractivity contribution is 5.46. The molecule has 0 saturated carbocycles. The van der Waals surface area contributed by atoms with Gasteiger partial charge in [-0.05, 0) is 49.6 Å². The molecular weight excluding hydrogens is 264 g/mol. The summed E-state index contributed by atoms with van der Waals surface area (Å²) in [5, 5.41) is 6.76. The van der Waals surface area contributed by atoms with Gasteiger partial charge in [0.05, 0.1) is 6.61 Å². The van der Waals surface area contributed by atoms with E-state index in [4.69, 9.17) is 9.47 Å². The first kappa shape index (κ1) is 17.8. The molecule has 0 fully saturated rings. The van der Waals surface area contributed by atoms with Gasteiger partial charge in [-0.2, -0.15) is 0 Å². The van der Waals surface area contributed by atoms with Crippen LogP contribution in [0.1, 0.15) is 26.7 Å². The Balaban J connectivity index is 2.10. The van der Waals surface area contributed by atoms with Crippen LogP contribution >= 0.6 is 0 Å². The van der Waals surface area contributed by atoms with Crippen molar-refractivity contribution in [1.82, 2.24) is 5.32 Å². The molecule has 0 saturated heterocycles. The van der Waals surface area contributed by atoms with Crippen LogP contribution in [-0.2, 0) is 4.74 Å². The van der Waals surface area contributed by atoms with Crippen molar-refractivity contribution in [2.24, 2.45) is 5.92 Å². The first-order valence-electron chi connectivity index (χ1n) is 7.88. The van der Waals surface area contributed by atoms with Crippen molar-refractivity contribution in [3.05, 3.63) is 24.3 Å². The number of rotatable bonds is 12. The molecule has 1 aromatic carbocycles. The predicted octanol–water partition coefficient (Wildman–Crippen LogP) is 3.15. The number of methoxy groups -OCH3 is 1. The van der Waals surface area contributed by atoms with Crippen LogP contribution in [0.15, 0.2) is 24.3 Å². The SMILES string of the molecule is COCCCNCCNc1ccc(OCCC(C)C)cc1. The van der Waals surface area contributed by atoms with Crippen molar-refractivity contribution in [3.8, 4) is 5.75 Å². The van der Waals surface area contributed by atoms with Gasteiger partial charge in [-0.15, -0.1) is 0 Å². The molecule has 4 heteroatoms. The Morgan fingerprint density at radius 3 is 2.43 bits per heavy atom. The summed E-state index contributed by atoms with van der Waals surface area (Å²) in [6, 6.07) is 8.18. The summed E-state index contributed by atoms with van der Waals surface area (Å²) in [6.45, 7) is 8.89. The second-order valence-corrected chi connectivity index (χ2v) is 5.58. The van der Waals surface area contributed by atoms with Crippen LogP contribution in [0.2, 0.25) is 0 Å². The molecule has 21 heavy (non-hydrogen) atoms. The Kier molecular flexibility index (Phi) is 9.66. The lowest BCUT2D eigenvalue weighted by Gasteiger charge is -2.10. The maximum Gasteiger partial charge on any atom is 0.119 e. The van der Waals surface area contributed by atoms with E-state index in [2.05, 4.69) is 36.6 Å². The Bertz CT molecular complexity index is 352. The average Bonchev–Trinajstić information content (AvgIpc) is 2.47. The number of hydrogen-bond donors (Lipinski definition) is 2. The normalized spacial score (nSPS) is 10.9. The molecule has 4 nitrogen and oxygen atoms in total. The van der Waals surface area contributed by atoms with Crippen molar-refractivity contribution < 1.29 is 9.47 Å². The fourth-order valence-electron chi connectivity index (χ4n) is 1.84. The highest BCUT2D eigenvalue weighted by atomic mass is 16.5. The molecule has 0 atom stereocenters. The summed E-state index contributed by atoms with van der Waals surface area (Å²) >= 11 is 0. The number of nitrogens with one attached hydrogen (secondary N) is 2. The van der Waals surface area contributed by atoms with Gasteiger partial charge in [0.2, 0.25) is 0 Å². The molecule has 0 spiro atoms. The molecule has 0 aromatic heterocycles. The lowest BCUT2D eigenvalue weighted by molar-refractivity contribution is 0.194. The van der Waals surface area contributed by atoms with Crippen LogP contribution in [0.5, 0.6) is 5.75 Å². The predicted molar refractivity (Wildman–Crippen MR) is 89.2 cm³/mol. The van der Waals surface area contributed by atoms with Gasteiger partial charge in [-0.1, -0.05) is 13.8 Å².